The molecular formula is C17H18N2O. The molecular weight excluding hydrogens is 248 g/mol. The van der Waals surface area contributed by atoms with Crippen LogP contribution in [0.2, 0.25) is 0 Å². The lowest BCUT2D eigenvalue weighted by Crippen LogP contribution is -2.41. The molecule has 2 N–H and O–H groups in total. The zero-order valence-electron chi connectivity index (χ0n) is 11.8. The maximum atomic E-state index is 9.39. The monoisotopic (exact) mass is 266 g/mol. The fourth-order valence-corrected chi connectivity index (χ4v) is 1.99. The Bertz CT molecular complexity index is 631. The van der Waals surface area contributed by atoms with Crippen molar-refractivity contribution in [2.45, 2.75) is 19.4 Å². The van der Waals surface area contributed by atoms with Gasteiger partial charge in [-0.15, -0.1) is 0 Å². The van der Waals surface area contributed by atoms with Crippen LogP contribution in [-0.4, -0.2) is 6.61 Å². The molecule has 0 aliphatic rings. The third-order valence-electron chi connectivity index (χ3n) is 3.50. The lowest BCUT2D eigenvalue weighted by Gasteiger charge is -2.23. The summed E-state index contributed by atoms with van der Waals surface area (Å²) < 4.78 is 5.78. The summed E-state index contributed by atoms with van der Waals surface area (Å²) in [6, 6.07) is 17.3. The minimum atomic E-state index is -1.14. The Morgan fingerprint density at radius 3 is 2.45 bits per heavy atom. The van der Waals surface area contributed by atoms with Crippen LogP contribution in [0.3, 0.4) is 0 Å². The molecule has 3 nitrogen and oxygen atoms in total. The topological polar surface area (TPSA) is 59.0 Å². The molecule has 2 aromatic carbocycles. The predicted molar refractivity (Wildman–Crippen MR) is 79.3 cm³/mol. The number of aryl methyl sites for hydroxylation is 1. The lowest BCUT2D eigenvalue weighted by atomic mass is 9.93. The molecule has 20 heavy (non-hydrogen) atoms. The summed E-state index contributed by atoms with van der Waals surface area (Å²) in [4.78, 5) is 0. The molecule has 0 fully saturated rings. The molecule has 0 aliphatic heterocycles. The molecule has 0 saturated heterocycles. The highest BCUT2D eigenvalue weighted by molar-refractivity contribution is 5.39. The van der Waals surface area contributed by atoms with Crippen molar-refractivity contribution in [3.8, 4) is 11.8 Å². The maximum Gasteiger partial charge on any atom is 0.164 e. The predicted octanol–water partition coefficient (Wildman–Crippen LogP) is 3.06. The number of benzene rings is 2. The highest BCUT2D eigenvalue weighted by Crippen LogP contribution is 2.24. The molecule has 1 atom stereocenters. The van der Waals surface area contributed by atoms with Gasteiger partial charge in [0.15, 0.2) is 5.54 Å². The molecule has 0 amide bonds. The van der Waals surface area contributed by atoms with Crippen LogP contribution in [-0.2, 0) is 5.54 Å². The number of nitriles is 1. The van der Waals surface area contributed by atoms with Gasteiger partial charge in [0.1, 0.15) is 12.4 Å². The first kappa shape index (κ1) is 14.1. The molecule has 0 radical (unpaired) electrons. The van der Waals surface area contributed by atoms with Crippen molar-refractivity contribution in [2.24, 2.45) is 5.73 Å². The average Bonchev–Trinajstić information content (AvgIpc) is 2.49. The molecule has 0 saturated carbocycles. The van der Waals surface area contributed by atoms with Crippen LogP contribution in [0.4, 0.5) is 0 Å². The molecule has 102 valence electrons. The summed E-state index contributed by atoms with van der Waals surface area (Å²) >= 11 is 0. The SMILES string of the molecule is Cc1cccc(OCC(N)(C#N)c2ccccc2)c1C. The summed E-state index contributed by atoms with van der Waals surface area (Å²) in [7, 11) is 0. The van der Waals surface area contributed by atoms with E-state index in [9.17, 15) is 5.26 Å². The van der Waals surface area contributed by atoms with Crippen LogP contribution >= 0.6 is 0 Å². The number of hydrogen-bond donors (Lipinski definition) is 1. The largest absolute Gasteiger partial charge is 0.490 e. The normalized spacial score (nSPS) is 13.3. The Kier molecular flexibility index (Phi) is 4.07. The van der Waals surface area contributed by atoms with Gasteiger partial charge in [-0.1, -0.05) is 42.5 Å². The molecule has 0 aromatic heterocycles. The number of hydrogen-bond acceptors (Lipinski definition) is 3. The highest BCUT2D eigenvalue weighted by Gasteiger charge is 2.28. The van der Waals surface area contributed by atoms with Crippen molar-refractivity contribution in [1.29, 1.82) is 5.26 Å². The van der Waals surface area contributed by atoms with E-state index in [1.807, 2.05) is 62.4 Å². The van der Waals surface area contributed by atoms with Crippen molar-refractivity contribution < 1.29 is 4.74 Å². The van der Waals surface area contributed by atoms with E-state index in [1.165, 1.54) is 0 Å². The summed E-state index contributed by atoms with van der Waals surface area (Å²) in [5, 5.41) is 9.39. The maximum absolute atomic E-state index is 9.39. The number of nitrogens with zero attached hydrogens (tertiary/aromatic N) is 1. The third kappa shape index (κ3) is 2.81. The van der Waals surface area contributed by atoms with E-state index in [1.54, 1.807) is 0 Å². The van der Waals surface area contributed by atoms with Gasteiger partial charge in [0, 0.05) is 0 Å². The van der Waals surface area contributed by atoms with Gasteiger partial charge in [-0.2, -0.15) is 5.26 Å². The van der Waals surface area contributed by atoms with Crippen LogP contribution < -0.4 is 10.5 Å². The molecule has 2 aromatic rings. The molecule has 3 heteroatoms. The van der Waals surface area contributed by atoms with Crippen LogP contribution in [0, 0.1) is 25.2 Å². The fourth-order valence-electron chi connectivity index (χ4n) is 1.99. The second-order valence-electron chi connectivity index (χ2n) is 4.94. The quantitative estimate of drug-likeness (QED) is 0.925. The van der Waals surface area contributed by atoms with Crippen molar-refractivity contribution in [2.75, 3.05) is 6.61 Å². The Hall–Kier alpha value is -2.31. The van der Waals surface area contributed by atoms with Crippen molar-refractivity contribution >= 4 is 0 Å². The summed E-state index contributed by atoms with van der Waals surface area (Å²) in [6.07, 6.45) is 0. The van der Waals surface area contributed by atoms with Crippen molar-refractivity contribution in [3.63, 3.8) is 0 Å². The Morgan fingerprint density at radius 1 is 1.10 bits per heavy atom. The van der Waals surface area contributed by atoms with Gasteiger partial charge in [0.2, 0.25) is 0 Å². The van der Waals surface area contributed by atoms with Gasteiger partial charge in [-0.25, -0.2) is 0 Å². The number of rotatable bonds is 4. The van der Waals surface area contributed by atoms with Gasteiger partial charge >= 0.3 is 0 Å². The van der Waals surface area contributed by atoms with Crippen LogP contribution in [0.15, 0.2) is 48.5 Å². The molecule has 0 spiro atoms. The lowest BCUT2D eigenvalue weighted by molar-refractivity contribution is 0.254. The Labute approximate surface area is 119 Å². The number of nitrogens with two attached hydrogens (primary N) is 1. The second-order valence-corrected chi connectivity index (χ2v) is 4.94. The molecule has 0 bridgehead atoms. The van der Waals surface area contributed by atoms with E-state index in [0.717, 1.165) is 22.4 Å². The fraction of sp³-hybridized carbons (Fsp3) is 0.235. The van der Waals surface area contributed by atoms with E-state index < -0.39 is 5.54 Å². The van der Waals surface area contributed by atoms with Crippen LogP contribution in [0.5, 0.6) is 5.75 Å². The van der Waals surface area contributed by atoms with E-state index in [0.29, 0.717) is 0 Å². The Morgan fingerprint density at radius 2 is 1.80 bits per heavy atom. The minimum Gasteiger partial charge on any atom is -0.490 e. The van der Waals surface area contributed by atoms with E-state index >= 15 is 0 Å². The summed E-state index contributed by atoms with van der Waals surface area (Å²) in [5.74, 6) is 0.769. The molecule has 0 aliphatic carbocycles. The van der Waals surface area contributed by atoms with Gasteiger partial charge in [0.25, 0.3) is 0 Å². The molecule has 0 heterocycles. The minimum absolute atomic E-state index is 0.123. The first-order chi connectivity index (χ1) is 9.57. The molecule has 1 unspecified atom stereocenters. The average molecular weight is 266 g/mol. The smallest absolute Gasteiger partial charge is 0.164 e. The van der Waals surface area contributed by atoms with Crippen LogP contribution in [0.25, 0.3) is 0 Å². The van der Waals surface area contributed by atoms with E-state index in [-0.39, 0.29) is 6.61 Å². The third-order valence-corrected chi connectivity index (χ3v) is 3.50. The van der Waals surface area contributed by atoms with Gasteiger partial charge in [0.05, 0.1) is 6.07 Å². The van der Waals surface area contributed by atoms with Crippen molar-refractivity contribution in [1.82, 2.24) is 0 Å². The van der Waals surface area contributed by atoms with E-state index in [4.69, 9.17) is 10.5 Å². The highest BCUT2D eigenvalue weighted by atomic mass is 16.5. The van der Waals surface area contributed by atoms with Gasteiger partial charge in [-0.3, -0.25) is 0 Å². The van der Waals surface area contributed by atoms with E-state index in [2.05, 4.69) is 6.07 Å². The van der Waals surface area contributed by atoms with Gasteiger partial charge in [-0.05, 0) is 36.6 Å². The standard InChI is InChI=1S/C17H18N2O/c1-13-7-6-10-16(14(13)2)20-12-17(19,11-18)15-8-4-3-5-9-15/h3-10H,12,19H2,1-2H3. The Balaban J connectivity index is 2.20. The first-order valence-electron chi connectivity index (χ1n) is 6.51. The zero-order valence-corrected chi connectivity index (χ0v) is 11.8. The number of ether oxygens (including phenoxy) is 1. The molecule has 2 rings (SSSR count). The second kappa shape index (κ2) is 5.77. The van der Waals surface area contributed by atoms with Crippen molar-refractivity contribution in [3.05, 3.63) is 65.2 Å². The summed E-state index contributed by atoms with van der Waals surface area (Å²) in [5.41, 5.74) is 8.01. The zero-order chi connectivity index (χ0) is 14.6. The summed E-state index contributed by atoms with van der Waals surface area (Å²) in [6.45, 7) is 4.15. The van der Waals surface area contributed by atoms with Gasteiger partial charge < -0.3 is 10.5 Å². The van der Waals surface area contributed by atoms with Crippen LogP contribution in [0.1, 0.15) is 16.7 Å². The first-order valence-corrected chi connectivity index (χ1v) is 6.51.